The van der Waals surface area contributed by atoms with E-state index in [0.717, 1.165) is 5.56 Å². The highest BCUT2D eigenvalue weighted by Crippen LogP contribution is 2.19. The molecule has 0 bridgehead atoms. The Morgan fingerprint density at radius 3 is 2.62 bits per heavy atom. The summed E-state index contributed by atoms with van der Waals surface area (Å²) in [6.07, 6.45) is 0. The second-order valence-corrected chi connectivity index (χ2v) is 4.47. The summed E-state index contributed by atoms with van der Waals surface area (Å²) in [6.45, 7) is -0.228. The van der Waals surface area contributed by atoms with Crippen molar-refractivity contribution >= 4 is 5.91 Å². The number of halogens is 1. The van der Waals surface area contributed by atoms with E-state index < -0.39 is 17.8 Å². The number of ether oxygens (including phenoxy) is 1. The first-order valence-electron chi connectivity index (χ1n) is 6.46. The van der Waals surface area contributed by atoms with Gasteiger partial charge in [0, 0.05) is 5.56 Å². The van der Waals surface area contributed by atoms with Gasteiger partial charge in [0.2, 0.25) is 0 Å². The van der Waals surface area contributed by atoms with Crippen molar-refractivity contribution in [2.45, 2.75) is 6.04 Å². The number of rotatable bonds is 5. The van der Waals surface area contributed by atoms with Gasteiger partial charge in [-0.05, 0) is 23.8 Å². The highest BCUT2D eigenvalue weighted by Gasteiger charge is 2.16. The summed E-state index contributed by atoms with van der Waals surface area (Å²) in [6, 6.07) is 12.5. The molecule has 0 aliphatic rings. The van der Waals surface area contributed by atoms with E-state index >= 15 is 0 Å². The Bertz CT molecular complexity index is 616. The van der Waals surface area contributed by atoms with Gasteiger partial charge in [-0.25, -0.2) is 4.39 Å². The summed E-state index contributed by atoms with van der Waals surface area (Å²) >= 11 is 0. The third-order valence-corrected chi connectivity index (χ3v) is 3.10. The minimum Gasteiger partial charge on any atom is -0.494 e. The molecule has 21 heavy (non-hydrogen) atoms. The third-order valence-electron chi connectivity index (χ3n) is 3.10. The number of methoxy groups -OCH3 is 1. The topological polar surface area (TPSA) is 58.6 Å². The Morgan fingerprint density at radius 2 is 2.00 bits per heavy atom. The molecule has 2 aromatic carbocycles. The zero-order chi connectivity index (χ0) is 15.2. The van der Waals surface area contributed by atoms with Gasteiger partial charge in [0.1, 0.15) is 0 Å². The van der Waals surface area contributed by atoms with Crippen molar-refractivity contribution in [3.8, 4) is 5.75 Å². The molecular weight excluding hydrogens is 273 g/mol. The molecule has 0 saturated heterocycles. The van der Waals surface area contributed by atoms with Crippen molar-refractivity contribution in [1.82, 2.24) is 5.32 Å². The summed E-state index contributed by atoms with van der Waals surface area (Å²) in [4.78, 5) is 12.2. The van der Waals surface area contributed by atoms with Crippen LogP contribution in [0.5, 0.6) is 5.75 Å². The Balaban J connectivity index is 2.16. The van der Waals surface area contributed by atoms with E-state index in [4.69, 9.17) is 4.74 Å². The van der Waals surface area contributed by atoms with E-state index in [1.807, 2.05) is 30.3 Å². The predicted molar refractivity (Wildman–Crippen MR) is 76.7 cm³/mol. The molecular formula is C16H16FNO3. The highest BCUT2D eigenvalue weighted by atomic mass is 19.1. The molecule has 110 valence electrons. The van der Waals surface area contributed by atoms with Crippen molar-refractivity contribution in [2.24, 2.45) is 0 Å². The maximum atomic E-state index is 13.3. The second-order valence-electron chi connectivity index (χ2n) is 4.47. The lowest BCUT2D eigenvalue weighted by atomic mass is 10.1. The van der Waals surface area contributed by atoms with E-state index in [9.17, 15) is 14.3 Å². The van der Waals surface area contributed by atoms with Crippen LogP contribution in [0.25, 0.3) is 0 Å². The van der Waals surface area contributed by atoms with Crippen LogP contribution in [0.4, 0.5) is 4.39 Å². The standard InChI is InChI=1S/C16H16FNO3/c1-21-15-9-12(7-8-13(15)17)16(20)18-14(10-19)11-5-3-2-4-6-11/h2-9,14,19H,10H2,1H3,(H,18,20)/t14-/m1/s1. The summed E-state index contributed by atoms with van der Waals surface area (Å²) in [7, 11) is 1.33. The normalized spacial score (nSPS) is 11.8. The van der Waals surface area contributed by atoms with Gasteiger partial charge < -0.3 is 15.2 Å². The van der Waals surface area contributed by atoms with Gasteiger partial charge in [-0.15, -0.1) is 0 Å². The minimum absolute atomic E-state index is 0.00269. The lowest BCUT2D eigenvalue weighted by Crippen LogP contribution is -2.30. The fourth-order valence-electron chi connectivity index (χ4n) is 1.96. The van der Waals surface area contributed by atoms with E-state index in [0.29, 0.717) is 0 Å². The molecule has 1 amide bonds. The Hall–Kier alpha value is -2.40. The fourth-order valence-corrected chi connectivity index (χ4v) is 1.96. The molecule has 0 fully saturated rings. The maximum absolute atomic E-state index is 13.3. The Labute approximate surface area is 122 Å². The molecule has 2 aromatic rings. The zero-order valence-corrected chi connectivity index (χ0v) is 11.5. The molecule has 2 N–H and O–H groups in total. The van der Waals surface area contributed by atoms with Crippen molar-refractivity contribution in [3.05, 3.63) is 65.5 Å². The number of aliphatic hydroxyl groups excluding tert-OH is 1. The molecule has 0 aromatic heterocycles. The summed E-state index contributed by atoms with van der Waals surface area (Å²) in [5, 5.41) is 12.1. The van der Waals surface area contributed by atoms with Gasteiger partial charge in [-0.2, -0.15) is 0 Å². The van der Waals surface area contributed by atoms with Crippen LogP contribution in [0, 0.1) is 5.82 Å². The van der Waals surface area contributed by atoms with Crippen LogP contribution in [0.3, 0.4) is 0 Å². The number of hydrogen-bond acceptors (Lipinski definition) is 3. The maximum Gasteiger partial charge on any atom is 0.251 e. The first-order chi connectivity index (χ1) is 10.2. The van der Waals surface area contributed by atoms with E-state index in [2.05, 4.69) is 5.32 Å². The highest BCUT2D eigenvalue weighted by molar-refractivity contribution is 5.94. The monoisotopic (exact) mass is 289 g/mol. The van der Waals surface area contributed by atoms with Crippen LogP contribution in [0.2, 0.25) is 0 Å². The smallest absolute Gasteiger partial charge is 0.251 e. The minimum atomic E-state index is -0.532. The van der Waals surface area contributed by atoms with Crippen LogP contribution < -0.4 is 10.1 Å². The largest absolute Gasteiger partial charge is 0.494 e. The van der Waals surface area contributed by atoms with Gasteiger partial charge in [0.05, 0.1) is 19.8 Å². The first-order valence-corrected chi connectivity index (χ1v) is 6.46. The quantitative estimate of drug-likeness (QED) is 0.888. The van der Waals surface area contributed by atoms with Crippen LogP contribution >= 0.6 is 0 Å². The number of hydrogen-bond donors (Lipinski definition) is 2. The van der Waals surface area contributed by atoms with E-state index in [1.165, 1.54) is 25.3 Å². The van der Waals surface area contributed by atoms with Gasteiger partial charge in [-0.3, -0.25) is 4.79 Å². The van der Waals surface area contributed by atoms with Gasteiger partial charge in [-0.1, -0.05) is 30.3 Å². The molecule has 0 spiro atoms. The summed E-state index contributed by atoms with van der Waals surface area (Å²) < 4.78 is 18.2. The molecule has 0 aliphatic carbocycles. The average molecular weight is 289 g/mol. The first kappa shape index (κ1) is 15.0. The van der Waals surface area contributed by atoms with Gasteiger partial charge in [0.15, 0.2) is 11.6 Å². The van der Waals surface area contributed by atoms with E-state index in [-0.39, 0.29) is 17.9 Å². The third kappa shape index (κ3) is 3.58. The molecule has 5 heteroatoms. The van der Waals surface area contributed by atoms with Crippen LogP contribution in [-0.2, 0) is 0 Å². The summed E-state index contributed by atoms with van der Waals surface area (Å²) in [5.74, 6) is -0.935. The van der Waals surface area contributed by atoms with Crippen molar-refractivity contribution in [2.75, 3.05) is 13.7 Å². The number of amides is 1. The predicted octanol–water partition coefficient (Wildman–Crippen LogP) is 2.30. The lowest BCUT2D eigenvalue weighted by molar-refractivity contribution is 0.0915. The molecule has 2 rings (SSSR count). The molecule has 0 unspecified atom stereocenters. The lowest BCUT2D eigenvalue weighted by Gasteiger charge is -2.17. The molecule has 0 heterocycles. The van der Waals surface area contributed by atoms with Gasteiger partial charge >= 0.3 is 0 Å². The molecule has 0 saturated carbocycles. The molecule has 0 radical (unpaired) electrons. The number of carbonyl (C=O) groups is 1. The second kappa shape index (κ2) is 6.85. The number of carbonyl (C=O) groups excluding carboxylic acids is 1. The Kier molecular flexibility index (Phi) is 4.90. The average Bonchev–Trinajstić information content (AvgIpc) is 2.53. The van der Waals surface area contributed by atoms with Crippen LogP contribution in [0.1, 0.15) is 22.0 Å². The molecule has 4 nitrogen and oxygen atoms in total. The number of benzene rings is 2. The summed E-state index contributed by atoms with van der Waals surface area (Å²) in [5.41, 5.74) is 1.06. The van der Waals surface area contributed by atoms with Crippen molar-refractivity contribution in [3.63, 3.8) is 0 Å². The van der Waals surface area contributed by atoms with Crippen LogP contribution in [0.15, 0.2) is 48.5 Å². The molecule has 1 atom stereocenters. The number of aliphatic hydroxyl groups is 1. The zero-order valence-electron chi connectivity index (χ0n) is 11.5. The van der Waals surface area contributed by atoms with E-state index in [1.54, 1.807) is 0 Å². The fraction of sp³-hybridized carbons (Fsp3) is 0.188. The Morgan fingerprint density at radius 1 is 1.29 bits per heavy atom. The number of nitrogens with one attached hydrogen (secondary N) is 1. The van der Waals surface area contributed by atoms with Gasteiger partial charge in [0.25, 0.3) is 5.91 Å². The van der Waals surface area contributed by atoms with Crippen molar-refractivity contribution < 1.29 is 19.0 Å². The SMILES string of the molecule is COc1cc(C(=O)N[C@H](CO)c2ccccc2)ccc1F. The molecule has 0 aliphatic heterocycles. The van der Waals surface area contributed by atoms with Crippen LogP contribution in [-0.4, -0.2) is 24.7 Å². The van der Waals surface area contributed by atoms with Crippen molar-refractivity contribution in [1.29, 1.82) is 0 Å².